The van der Waals surface area contributed by atoms with E-state index in [1.807, 2.05) is 6.92 Å². The molecule has 3 heteroatoms. The van der Waals surface area contributed by atoms with Crippen LogP contribution in [0.15, 0.2) is 6.07 Å². The topological polar surface area (TPSA) is 29.9 Å². The minimum atomic E-state index is 0.817. The minimum Gasteiger partial charge on any atom is -0.315 e. The molecule has 16 heavy (non-hydrogen) atoms. The molecule has 0 spiro atoms. The van der Waals surface area contributed by atoms with Crippen LogP contribution in [0.25, 0.3) is 0 Å². The highest BCUT2D eigenvalue weighted by Crippen LogP contribution is 2.02. The molecule has 0 saturated heterocycles. The van der Waals surface area contributed by atoms with Gasteiger partial charge < -0.3 is 5.32 Å². The van der Waals surface area contributed by atoms with E-state index in [2.05, 4.69) is 41.9 Å². The van der Waals surface area contributed by atoms with Crippen LogP contribution in [0.3, 0.4) is 0 Å². The van der Waals surface area contributed by atoms with Crippen LogP contribution in [0.1, 0.15) is 38.1 Å². The number of hydrogen-bond acceptors (Lipinski definition) is 2. The molecule has 0 aliphatic carbocycles. The highest BCUT2D eigenvalue weighted by Gasteiger charge is 1.99. The quantitative estimate of drug-likeness (QED) is 0.720. The van der Waals surface area contributed by atoms with Gasteiger partial charge in [-0.15, -0.1) is 0 Å². The third-order valence-corrected chi connectivity index (χ3v) is 2.74. The lowest BCUT2D eigenvalue weighted by Gasteiger charge is -2.07. The molecule has 0 aliphatic rings. The zero-order valence-electron chi connectivity index (χ0n) is 11.1. The second-order valence-electron chi connectivity index (χ2n) is 4.94. The van der Waals surface area contributed by atoms with Gasteiger partial charge >= 0.3 is 0 Å². The Bertz CT molecular complexity index is 302. The van der Waals surface area contributed by atoms with E-state index in [4.69, 9.17) is 0 Å². The molecule has 0 bridgehead atoms. The van der Waals surface area contributed by atoms with Gasteiger partial charge in [-0.1, -0.05) is 13.8 Å². The number of aryl methyl sites for hydroxylation is 2. The van der Waals surface area contributed by atoms with Crippen molar-refractivity contribution >= 4 is 0 Å². The van der Waals surface area contributed by atoms with Crippen molar-refractivity contribution in [2.24, 2.45) is 5.92 Å². The van der Waals surface area contributed by atoms with E-state index >= 15 is 0 Å². The van der Waals surface area contributed by atoms with Crippen molar-refractivity contribution in [3.8, 4) is 0 Å². The first-order valence-corrected chi connectivity index (χ1v) is 6.31. The number of hydrogen-bond donors (Lipinski definition) is 1. The lowest BCUT2D eigenvalue weighted by Crippen LogP contribution is -2.22. The molecule has 0 amide bonds. The summed E-state index contributed by atoms with van der Waals surface area (Å²) >= 11 is 0. The molecular weight excluding hydrogens is 198 g/mol. The molecule has 1 N–H and O–H groups in total. The summed E-state index contributed by atoms with van der Waals surface area (Å²) in [5, 5.41) is 7.90. The Hall–Kier alpha value is -0.830. The van der Waals surface area contributed by atoms with Crippen LogP contribution in [0.5, 0.6) is 0 Å². The smallest absolute Gasteiger partial charge is 0.0596 e. The second kappa shape index (κ2) is 6.69. The monoisotopic (exact) mass is 223 g/mol. The van der Waals surface area contributed by atoms with Crippen LogP contribution in [-0.4, -0.2) is 22.9 Å². The zero-order valence-corrected chi connectivity index (χ0v) is 11.1. The van der Waals surface area contributed by atoms with Crippen LogP contribution in [-0.2, 0) is 6.54 Å². The van der Waals surface area contributed by atoms with Gasteiger partial charge in [-0.2, -0.15) is 5.10 Å². The third kappa shape index (κ3) is 4.79. The fourth-order valence-electron chi connectivity index (χ4n) is 1.85. The summed E-state index contributed by atoms with van der Waals surface area (Å²) in [4.78, 5) is 0. The zero-order chi connectivity index (χ0) is 12.0. The molecule has 0 saturated carbocycles. The highest BCUT2D eigenvalue weighted by molar-refractivity contribution is 5.06. The average molecular weight is 223 g/mol. The number of nitrogens with one attached hydrogen (secondary N) is 1. The van der Waals surface area contributed by atoms with Crippen molar-refractivity contribution < 1.29 is 0 Å². The predicted octanol–water partition coefficient (Wildman–Crippen LogP) is 2.53. The Morgan fingerprint density at radius 2 is 2.06 bits per heavy atom. The summed E-state index contributed by atoms with van der Waals surface area (Å²) in [6.45, 7) is 11.8. The third-order valence-electron chi connectivity index (χ3n) is 2.74. The van der Waals surface area contributed by atoms with Gasteiger partial charge in [0.1, 0.15) is 0 Å². The SMILES string of the molecule is Cc1cc(C)n(CCNCCCC(C)C)n1. The van der Waals surface area contributed by atoms with Crippen molar-refractivity contribution in [1.29, 1.82) is 0 Å². The maximum Gasteiger partial charge on any atom is 0.0596 e. The van der Waals surface area contributed by atoms with E-state index in [9.17, 15) is 0 Å². The normalized spacial score (nSPS) is 11.3. The van der Waals surface area contributed by atoms with E-state index in [0.29, 0.717) is 0 Å². The average Bonchev–Trinajstić information content (AvgIpc) is 2.50. The van der Waals surface area contributed by atoms with Gasteiger partial charge in [0.15, 0.2) is 0 Å². The molecule has 0 radical (unpaired) electrons. The Balaban J connectivity index is 2.09. The van der Waals surface area contributed by atoms with E-state index in [1.165, 1.54) is 18.5 Å². The number of aromatic nitrogens is 2. The Morgan fingerprint density at radius 1 is 1.31 bits per heavy atom. The lowest BCUT2D eigenvalue weighted by molar-refractivity contribution is 0.500. The Labute approximate surface area is 99.2 Å². The summed E-state index contributed by atoms with van der Waals surface area (Å²) in [6, 6.07) is 2.12. The van der Waals surface area contributed by atoms with Crippen molar-refractivity contribution in [1.82, 2.24) is 15.1 Å². The van der Waals surface area contributed by atoms with Gasteiger partial charge in [0.05, 0.1) is 12.2 Å². The Morgan fingerprint density at radius 3 is 2.62 bits per heavy atom. The minimum absolute atomic E-state index is 0.817. The second-order valence-corrected chi connectivity index (χ2v) is 4.94. The first-order valence-electron chi connectivity index (χ1n) is 6.31. The standard InChI is InChI=1S/C13H25N3/c1-11(2)6-5-7-14-8-9-16-13(4)10-12(3)15-16/h10-11,14H,5-9H2,1-4H3. The van der Waals surface area contributed by atoms with Gasteiger partial charge in [-0.3, -0.25) is 4.68 Å². The van der Waals surface area contributed by atoms with Gasteiger partial charge in [0.2, 0.25) is 0 Å². The van der Waals surface area contributed by atoms with E-state index < -0.39 is 0 Å². The van der Waals surface area contributed by atoms with Crippen LogP contribution in [0, 0.1) is 19.8 Å². The molecule has 0 unspecified atom stereocenters. The van der Waals surface area contributed by atoms with Crippen LogP contribution >= 0.6 is 0 Å². The van der Waals surface area contributed by atoms with Crippen LogP contribution < -0.4 is 5.32 Å². The summed E-state index contributed by atoms with van der Waals surface area (Å²) in [5.41, 5.74) is 2.36. The molecule has 1 aromatic heterocycles. The van der Waals surface area contributed by atoms with Crippen molar-refractivity contribution in [2.45, 2.75) is 47.1 Å². The van der Waals surface area contributed by atoms with Gasteiger partial charge in [0, 0.05) is 12.2 Å². The van der Waals surface area contributed by atoms with Gasteiger partial charge in [-0.25, -0.2) is 0 Å². The molecule has 0 fully saturated rings. The molecule has 3 nitrogen and oxygen atoms in total. The molecule has 1 rings (SSSR count). The van der Waals surface area contributed by atoms with E-state index in [1.54, 1.807) is 0 Å². The van der Waals surface area contributed by atoms with Crippen LogP contribution in [0.2, 0.25) is 0 Å². The summed E-state index contributed by atoms with van der Waals surface area (Å²) in [5.74, 6) is 0.817. The number of rotatable bonds is 7. The summed E-state index contributed by atoms with van der Waals surface area (Å²) < 4.78 is 2.07. The molecule has 1 heterocycles. The molecule has 92 valence electrons. The van der Waals surface area contributed by atoms with Crippen molar-refractivity contribution in [3.63, 3.8) is 0 Å². The van der Waals surface area contributed by atoms with Crippen molar-refractivity contribution in [2.75, 3.05) is 13.1 Å². The van der Waals surface area contributed by atoms with Crippen LogP contribution in [0.4, 0.5) is 0 Å². The highest BCUT2D eigenvalue weighted by atomic mass is 15.3. The maximum atomic E-state index is 4.43. The molecule has 1 aromatic rings. The largest absolute Gasteiger partial charge is 0.315 e. The predicted molar refractivity (Wildman–Crippen MR) is 68.6 cm³/mol. The first kappa shape index (κ1) is 13.2. The Kier molecular flexibility index (Phi) is 5.53. The molecular formula is C13H25N3. The van der Waals surface area contributed by atoms with E-state index in [0.717, 1.165) is 31.2 Å². The summed E-state index contributed by atoms with van der Waals surface area (Å²) in [6.07, 6.45) is 2.59. The number of nitrogens with zero attached hydrogens (tertiary/aromatic N) is 2. The van der Waals surface area contributed by atoms with E-state index in [-0.39, 0.29) is 0 Å². The fourth-order valence-corrected chi connectivity index (χ4v) is 1.85. The van der Waals surface area contributed by atoms with Crippen molar-refractivity contribution in [3.05, 3.63) is 17.5 Å². The summed E-state index contributed by atoms with van der Waals surface area (Å²) in [7, 11) is 0. The first-order chi connectivity index (χ1) is 7.59. The molecule has 0 aliphatic heterocycles. The van der Waals surface area contributed by atoms with Gasteiger partial charge in [-0.05, 0) is 45.2 Å². The maximum absolute atomic E-state index is 4.43. The molecule has 0 atom stereocenters. The van der Waals surface area contributed by atoms with Gasteiger partial charge in [0.25, 0.3) is 0 Å². The fraction of sp³-hybridized carbons (Fsp3) is 0.769. The molecule has 0 aromatic carbocycles. The lowest BCUT2D eigenvalue weighted by atomic mass is 10.1.